The van der Waals surface area contributed by atoms with Crippen LogP contribution in [0.3, 0.4) is 0 Å². The van der Waals surface area contributed by atoms with Crippen molar-refractivity contribution < 1.29 is 13.6 Å². The Labute approximate surface area is 249 Å². The molecule has 5 atom stereocenters. The van der Waals surface area contributed by atoms with Gasteiger partial charge >= 0.3 is 0 Å². The Morgan fingerprint density at radius 1 is 1.20 bits per heavy atom. The molecule has 2 aliphatic carbocycles. The summed E-state index contributed by atoms with van der Waals surface area (Å²) < 4.78 is 27.4. The molecule has 5 nitrogen and oxygen atoms in total. The van der Waals surface area contributed by atoms with Gasteiger partial charge in [0.1, 0.15) is 0 Å². The van der Waals surface area contributed by atoms with Crippen molar-refractivity contribution in [3.63, 3.8) is 0 Å². The molecule has 0 spiro atoms. The maximum Gasteiger partial charge on any atom is 0.248 e. The van der Waals surface area contributed by atoms with Crippen molar-refractivity contribution in [1.82, 2.24) is 10.2 Å². The maximum atomic E-state index is 13.7. The number of fused-ring (bicyclic) bond motifs is 1. The lowest BCUT2D eigenvalue weighted by atomic mass is 9.80. The Balaban J connectivity index is 1.24. The molecule has 4 aliphatic rings. The van der Waals surface area contributed by atoms with Gasteiger partial charge in [0.05, 0.1) is 11.8 Å². The molecule has 0 aromatic carbocycles. The number of alkyl halides is 2. The van der Waals surface area contributed by atoms with Crippen molar-refractivity contribution >= 4 is 28.7 Å². The van der Waals surface area contributed by atoms with E-state index < -0.39 is 5.92 Å². The summed E-state index contributed by atoms with van der Waals surface area (Å²) >= 11 is 1.75. The van der Waals surface area contributed by atoms with E-state index in [1.165, 1.54) is 39.4 Å². The maximum absolute atomic E-state index is 13.7. The molecule has 1 aromatic rings. The molecular formula is C33H48F2N4OS. The predicted octanol–water partition coefficient (Wildman–Crippen LogP) is 8.03. The van der Waals surface area contributed by atoms with Gasteiger partial charge in [-0.05, 0) is 94.3 Å². The van der Waals surface area contributed by atoms with E-state index >= 15 is 0 Å². The van der Waals surface area contributed by atoms with E-state index in [4.69, 9.17) is 0 Å². The number of halogens is 2. The lowest BCUT2D eigenvalue weighted by Gasteiger charge is -2.53. The number of allylic oxidation sites excluding steroid dienone is 2. The minimum absolute atomic E-state index is 0.0517. The van der Waals surface area contributed by atoms with Crippen molar-refractivity contribution in [3.8, 4) is 0 Å². The molecule has 2 saturated carbocycles. The molecule has 3 fully saturated rings. The number of hydrogen-bond donors (Lipinski definition) is 1. The number of rotatable bonds is 9. The van der Waals surface area contributed by atoms with E-state index in [0.717, 1.165) is 37.4 Å². The van der Waals surface area contributed by atoms with E-state index in [0.29, 0.717) is 23.9 Å². The molecule has 4 unspecified atom stereocenters. The van der Waals surface area contributed by atoms with Crippen LogP contribution in [0, 0.1) is 37.5 Å². The fourth-order valence-corrected chi connectivity index (χ4v) is 8.68. The minimum atomic E-state index is -2.62. The average molecular weight is 587 g/mol. The van der Waals surface area contributed by atoms with Gasteiger partial charge in [-0.1, -0.05) is 26.8 Å². The highest BCUT2D eigenvalue weighted by Gasteiger charge is 2.52. The average Bonchev–Trinajstić information content (AvgIpc) is 3.44. The van der Waals surface area contributed by atoms with E-state index in [-0.39, 0.29) is 43.6 Å². The third kappa shape index (κ3) is 6.69. The standard InChI is InChI=1S/C33H48F2N4OS/c1-7-29-26-16-23(15-25-18-28(19(2)3)38-37-21(25)5)17-30(26)39(29)13-10-27(31-14-20(4)22(6)41-31)36-32(40)24-8-11-33(34,35)12-9-24/h14-15,19,23-24,26-27,29-30H,7-13,16-18H2,1-6H3,(H,36,40)/b25-15-/t23?,26?,27-,29?,30?/m0/s1. The summed E-state index contributed by atoms with van der Waals surface area (Å²) in [5, 5.41) is 12.2. The highest BCUT2D eigenvalue weighted by atomic mass is 32.1. The van der Waals surface area contributed by atoms with Crippen LogP contribution in [0.15, 0.2) is 27.9 Å². The number of carbonyl (C=O) groups is 1. The van der Waals surface area contributed by atoms with Crippen LogP contribution in [0.1, 0.15) is 107 Å². The first-order chi connectivity index (χ1) is 19.5. The normalized spacial score (nSPS) is 30.1. The fourth-order valence-electron chi connectivity index (χ4n) is 7.55. The number of amides is 1. The van der Waals surface area contributed by atoms with Crippen LogP contribution < -0.4 is 5.32 Å². The van der Waals surface area contributed by atoms with Gasteiger partial charge in [-0.15, -0.1) is 11.3 Å². The Morgan fingerprint density at radius 2 is 1.93 bits per heavy atom. The lowest BCUT2D eigenvalue weighted by Crippen LogP contribution is -2.61. The molecule has 1 amide bonds. The van der Waals surface area contributed by atoms with Crippen LogP contribution in [0.2, 0.25) is 0 Å². The highest BCUT2D eigenvalue weighted by Crippen LogP contribution is 2.49. The van der Waals surface area contributed by atoms with Gasteiger partial charge in [0.15, 0.2) is 0 Å². The van der Waals surface area contributed by atoms with Crippen LogP contribution >= 0.6 is 11.3 Å². The zero-order valence-electron chi connectivity index (χ0n) is 25.7. The van der Waals surface area contributed by atoms with Gasteiger partial charge in [-0.2, -0.15) is 10.2 Å². The molecule has 1 N–H and O–H groups in total. The van der Waals surface area contributed by atoms with E-state index in [2.05, 4.69) is 74.1 Å². The number of thiophene rings is 1. The second-order valence-corrected chi connectivity index (χ2v) is 14.6. The summed E-state index contributed by atoms with van der Waals surface area (Å²) in [6.07, 6.45) is 7.98. The Kier molecular flexibility index (Phi) is 9.20. The van der Waals surface area contributed by atoms with Crippen molar-refractivity contribution in [2.45, 2.75) is 123 Å². The van der Waals surface area contributed by atoms with Gasteiger partial charge in [0.25, 0.3) is 0 Å². The second-order valence-electron chi connectivity index (χ2n) is 13.3. The SMILES string of the molecule is CCC1C2CC(/C=C3/CC(C(C)C)=NN=C3C)CC2N1CC[C@H](NC(=O)C1CCC(F)(F)CC1)c1cc(C)c(C)s1. The van der Waals surface area contributed by atoms with Gasteiger partial charge < -0.3 is 5.32 Å². The van der Waals surface area contributed by atoms with Crippen LogP contribution in [0.5, 0.6) is 0 Å². The van der Waals surface area contributed by atoms with Crippen LogP contribution in [-0.4, -0.2) is 46.8 Å². The number of carbonyl (C=O) groups excluding carboxylic acids is 1. The summed E-state index contributed by atoms with van der Waals surface area (Å²) in [6, 6.07) is 3.30. The van der Waals surface area contributed by atoms with Gasteiger partial charge in [-0.25, -0.2) is 8.78 Å². The van der Waals surface area contributed by atoms with Crippen LogP contribution in [0.25, 0.3) is 0 Å². The quantitative estimate of drug-likeness (QED) is 0.318. The van der Waals surface area contributed by atoms with Crippen molar-refractivity contribution in [3.05, 3.63) is 33.0 Å². The summed E-state index contributed by atoms with van der Waals surface area (Å²) in [4.78, 5) is 18.4. The molecule has 41 heavy (non-hydrogen) atoms. The van der Waals surface area contributed by atoms with Gasteiger partial charge in [-0.3, -0.25) is 9.69 Å². The first-order valence-electron chi connectivity index (χ1n) is 15.8. The third-order valence-corrected chi connectivity index (χ3v) is 11.5. The van der Waals surface area contributed by atoms with Gasteiger partial charge in [0, 0.05) is 59.3 Å². The molecule has 0 bridgehead atoms. The van der Waals surface area contributed by atoms with E-state index in [1.807, 2.05) is 0 Å². The molecule has 2 aliphatic heterocycles. The summed E-state index contributed by atoms with van der Waals surface area (Å²) in [5.41, 5.74) is 4.82. The molecule has 3 heterocycles. The first-order valence-corrected chi connectivity index (χ1v) is 16.6. The zero-order valence-corrected chi connectivity index (χ0v) is 26.5. The molecule has 226 valence electrons. The molecular weight excluding hydrogens is 538 g/mol. The van der Waals surface area contributed by atoms with E-state index in [1.54, 1.807) is 11.3 Å². The second kappa shape index (κ2) is 12.4. The third-order valence-electron chi connectivity index (χ3n) is 10.3. The highest BCUT2D eigenvalue weighted by molar-refractivity contribution is 7.12. The number of nitrogens with zero attached hydrogens (tertiary/aromatic N) is 3. The number of nitrogens with one attached hydrogen (secondary N) is 1. The number of likely N-dealkylation sites (tertiary alicyclic amines) is 1. The van der Waals surface area contributed by atoms with Gasteiger partial charge in [0.2, 0.25) is 11.8 Å². The zero-order chi connectivity index (χ0) is 29.5. The Morgan fingerprint density at radius 3 is 2.56 bits per heavy atom. The summed E-state index contributed by atoms with van der Waals surface area (Å²) in [5.74, 6) is -1.28. The predicted molar refractivity (Wildman–Crippen MR) is 165 cm³/mol. The smallest absolute Gasteiger partial charge is 0.248 e. The number of aryl methyl sites for hydroxylation is 2. The largest absolute Gasteiger partial charge is 0.348 e. The van der Waals surface area contributed by atoms with Crippen molar-refractivity contribution in [2.75, 3.05) is 6.54 Å². The lowest BCUT2D eigenvalue weighted by molar-refractivity contribution is -0.130. The summed E-state index contributed by atoms with van der Waals surface area (Å²) in [7, 11) is 0. The minimum Gasteiger partial charge on any atom is -0.348 e. The molecule has 8 heteroatoms. The fraction of sp³-hybridized carbons (Fsp3) is 0.727. The molecule has 1 aromatic heterocycles. The molecule has 1 saturated heterocycles. The van der Waals surface area contributed by atoms with Crippen molar-refractivity contribution in [1.29, 1.82) is 0 Å². The summed E-state index contributed by atoms with van der Waals surface area (Å²) in [6.45, 7) is 13.9. The first kappa shape index (κ1) is 30.5. The Hall–Kier alpha value is -1.93. The monoisotopic (exact) mass is 586 g/mol. The Bertz CT molecular complexity index is 1190. The van der Waals surface area contributed by atoms with E-state index in [9.17, 15) is 13.6 Å². The van der Waals surface area contributed by atoms with Crippen LogP contribution in [-0.2, 0) is 4.79 Å². The van der Waals surface area contributed by atoms with Crippen molar-refractivity contribution in [2.24, 2.45) is 33.9 Å². The topological polar surface area (TPSA) is 57.1 Å². The molecule has 5 rings (SSSR count). The molecule has 0 radical (unpaired) electrons. The number of hydrogen-bond acceptors (Lipinski definition) is 5. The van der Waals surface area contributed by atoms with Crippen LogP contribution in [0.4, 0.5) is 8.78 Å².